The van der Waals surface area contributed by atoms with Crippen molar-refractivity contribution in [2.75, 3.05) is 7.11 Å². The topological polar surface area (TPSA) is 55.8 Å². The highest BCUT2D eigenvalue weighted by molar-refractivity contribution is 5.83. The van der Waals surface area contributed by atoms with E-state index in [0.717, 1.165) is 12.8 Å². The molecule has 1 heterocycles. The Bertz CT molecular complexity index is 247. The lowest BCUT2D eigenvalue weighted by molar-refractivity contribution is -0.152. The van der Waals surface area contributed by atoms with Crippen molar-refractivity contribution >= 4 is 5.97 Å². The molecule has 0 unspecified atom stereocenters. The van der Waals surface area contributed by atoms with E-state index in [1.54, 1.807) is 0 Å². The highest BCUT2D eigenvalue weighted by Gasteiger charge is 2.28. The number of hydrogen-bond acceptors (Lipinski definition) is 4. The van der Waals surface area contributed by atoms with E-state index in [-0.39, 0.29) is 0 Å². The molecule has 4 nitrogen and oxygen atoms in total. The predicted molar refractivity (Wildman–Crippen MR) is 55.1 cm³/mol. The highest BCUT2D eigenvalue weighted by atomic mass is 16.6. The Hall–Kier alpha value is -1.03. The van der Waals surface area contributed by atoms with Crippen LogP contribution in [-0.2, 0) is 14.3 Å². The fourth-order valence-corrected chi connectivity index (χ4v) is 1.57. The summed E-state index contributed by atoms with van der Waals surface area (Å²) in [7, 11) is 1.51. The molecule has 0 saturated carbocycles. The number of cyclic esters (lactones) is 1. The molecule has 0 aliphatic carbocycles. The van der Waals surface area contributed by atoms with Crippen LogP contribution < -0.4 is 0 Å². The van der Waals surface area contributed by atoms with E-state index in [0.29, 0.717) is 18.6 Å². The molecule has 0 amide bonds. The van der Waals surface area contributed by atoms with Gasteiger partial charge in [-0.05, 0) is 6.42 Å². The van der Waals surface area contributed by atoms with Crippen molar-refractivity contribution in [3.05, 3.63) is 11.8 Å². The van der Waals surface area contributed by atoms with E-state index in [4.69, 9.17) is 9.47 Å². The molecule has 0 aromatic carbocycles. The maximum absolute atomic E-state index is 11.1. The molecule has 0 bridgehead atoms. The average molecular weight is 214 g/mol. The van der Waals surface area contributed by atoms with Gasteiger partial charge in [0.25, 0.3) is 0 Å². The van der Waals surface area contributed by atoms with Gasteiger partial charge in [-0.1, -0.05) is 19.8 Å². The van der Waals surface area contributed by atoms with Crippen molar-refractivity contribution < 1.29 is 19.4 Å². The number of methoxy groups -OCH3 is 1. The molecule has 1 aliphatic heterocycles. The number of esters is 1. The largest absolute Gasteiger partial charge is 0.501 e. The van der Waals surface area contributed by atoms with Crippen molar-refractivity contribution in [1.82, 2.24) is 0 Å². The molecule has 86 valence electrons. The molecule has 0 radical (unpaired) electrons. The lowest BCUT2D eigenvalue weighted by Gasteiger charge is -2.26. The summed E-state index contributed by atoms with van der Waals surface area (Å²) in [5, 5.41) is 9.78. The number of rotatable bonds is 5. The van der Waals surface area contributed by atoms with Crippen molar-refractivity contribution in [3.8, 4) is 0 Å². The standard InChI is InChI=1S/C11H18O4/c1-3-4-5-9(12)10-6-8(14-2)7-11(13)15-10/h7,9-10,12H,3-6H2,1-2H3/t9-,10+/m1/s1. The Morgan fingerprint density at radius 1 is 1.73 bits per heavy atom. The SMILES string of the molecule is CCCC[C@@H](O)[C@@H]1CC(OC)=CC(=O)O1. The second-order valence-electron chi connectivity index (χ2n) is 3.70. The van der Waals surface area contributed by atoms with Gasteiger partial charge >= 0.3 is 5.97 Å². The third kappa shape index (κ3) is 3.55. The van der Waals surface area contributed by atoms with Crippen molar-refractivity contribution in [2.45, 2.75) is 44.8 Å². The molecular weight excluding hydrogens is 196 g/mol. The second-order valence-corrected chi connectivity index (χ2v) is 3.70. The molecular formula is C11H18O4. The van der Waals surface area contributed by atoms with Crippen molar-refractivity contribution in [1.29, 1.82) is 0 Å². The third-order valence-electron chi connectivity index (χ3n) is 2.49. The molecule has 2 atom stereocenters. The lowest BCUT2D eigenvalue weighted by atomic mass is 10.0. The second kappa shape index (κ2) is 5.75. The fraction of sp³-hybridized carbons (Fsp3) is 0.727. The van der Waals surface area contributed by atoms with Gasteiger partial charge in [0.05, 0.1) is 19.3 Å². The molecule has 1 rings (SSSR count). The first-order chi connectivity index (χ1) is 7.17. The minimum atomic E-state index is -0.590. The molecule has 0 fully saturated rings. The Morgan fingerprint density at radius 3 is 3.07 bits per heavy atom. The monoisotopic (exact) mass is 214 g/mol. The summed E-state index contributed by atoms with van der Waals surface area (Å²) in [5.41, 5.74) is 0. The Morgan fingerprint density at radius 2 is 2.47 bits per heavy atom. The zero-order valence-corrected chi connectivity index (χ0v) is 9.23. The summed E-state index contributed by atoms with van der Waals surface area (Å²) in [6, 6.07) is 0. The molecule has 1 aliphatic rings. The number of aliphatic hydroxyl groups is 1. The average Bonchev–Trinajstić information content (AvgIpc) is 2.24. The van der Waals surface area contributed by atoms with Gasteiger partial charge in [0.1, 0.15) is 11.9 Å². The first kappa shape index (κ1) is 12.0. The Balaban J connectivity index is 2.50. The molecule has 0 saturated heterocycles. The van der Waals surface area contributed by atoms with Gasteiger partial charge in [0.15, 0.2) is 0 Å². The summed E-state index contributed by atoms with van der Waals surface area (Å²) in [5.74, 6) is 0.144. The predicted octanol–water partition coefficient (Wildman–Crippen LogP) is 1.38. The van der Waals surface area contributed by atoms with Crippen LogP contribution in [0.15, 0.2) is 11.8 Å². The number of carbonyl (C=O) groups excluding carboxylic acids is 1. The fourth-order valence-electron chi connectivity index (χ4n) is 1.57. The lowest BCUT2D eigenvalue weighted by Crippen LogP contribution is -2.34. The van der Waals surface area contributed by atoms with Gasteiger partial charge < -0.3 is 14.6 Å². The molecule has 4 heteroatoms. The van der Waals surface area contributed by atoms with Crippen LogP contribution in [0.2, 0.25) is 0 Å². The van der Waals surface area contributed by atoms with Crippen LogP contribution >= 0.6 is 0 Å². The van der Waals surface area contributed by atoms with Gasteiger partial charge in [0, 0.05) is 6.42 Å². The summed E-state index contributed by atoms with van der Waals surface area (Å²) < 4.78 is 10.0. The number of aliphatic hydroxyl groups excluding tert-OH is 1. The van der Waals surface area contributed by atoms with E-state index in [1.807, 2.05) is 0 Å². The number of unbranched alkanes of at least 4 members (excludes halogenated alkanes) is 1. The third-order valence-corrected chi connectivity index (χ3v) is 2.49. The molecule has 0 aromatic rings. The van der Waals surface area contributed by atoms with Crippen LogP contribution in [0.5, 0.6) is 0 Å². The van der Waals surface area contributed by atoms with E-state index in [2.05, 4.69) is 6.92 Å². The van der Waals surface area contributed by atoms with Crippen molar-refractivity contribution in [3.63, 3.8) is 0 Å². The number of hydrogen-bond donors (Lipinski definition) is 1. The van der Waals surface area contributed by atoms with E-state index in [1.165, 1.54) is 13.2 Å². The van der Waals surface area contributed by atoms with E-state index in [9.17, 15) is 9.90 Å². The van der Waals surface area contributed by atoms with Crippen LogP contribution in [0, 0.1) is 0 Å². The number of carbonyl (C=O) groups is 1. The van der Waals surface area contributed by atoms with Gasteiger partial charge in [-0.25, -0.2) is 4.79 Å². The van der Waals surface area contributed by atoms with Crippen LogP contribution in [0.1, 0.15) is 32.6 Å². The summed E-state index contributed by atoms with van der Waals surface area (Å²) in [4.78, 5) is 11.1. The Kier molecular flexibility index (Phi) is 4.62. The molecule has 0 spiro atoms. The maximum Gasteiger partial charge on any atom is 0.334 e. The quantitative estimate of drug-likeness (QED) is 0.702. The van der Waals surface area contributed by atoms with Crippen LogP contribution in [-0.4, -0.2) is 30.4 Å². The van der Waals surface area contributed by atoms with E-state index < -0.39 is 18.2 Å². The van der Waals surface area contributed by atoms with Gasteiger partial charge in [0.2, 0.25) is 0 Å². The minimum Gasteiger partial charge on any atom is -0.501 e. The first-order valence-electron chi connectivity index (χ1n) is 5.30. The number of ether oxygens (including phenoxy) is 2. The van der Waals surface area contributed by atoms with Gasteiger partial charge in [-0.15, -0.1) is 0 Å². The normalized spacial score (nSPS) is 23.0. The Labute approximate surface area is 89.9 Å². The molecule has 0 aromatic heterocycles. The van der Waals surface area contributed by atoms with Gasteiger partial charge in [-0.3, -0.25) is 0 Å². The van der Waals surface area contributed by atoms with Crippen molar-refractivity contribution in [2.24, 2.45) is 0 Å². The smallest absolute Gasteiger partial charge is 0.334 e. The summed E-state index contributed by atoms with van der Waals surface area (Å²) >= 11 is 0. The van der Waals surface area contributed by atoms with E-state index >= 15 is 0 Å². The maximum atomic E-state index is 11.1. The van der Waals surface area contributed by atoms with Crippen LogP contribution in [0.25, 0.3) is 0 Å². The van der Waals surface area contributed by atoms with Crippen LogP contribution in [0.4, 0.5) is 0 Å². The summed E-state index contributed by atoms with van der Waals surface area (Å²) in [6.45, 7) is 2.06. The van der Waals surface area contributed by atoms with Crippen LogP contribution in [0.3, 0.4) is 0 Å². The molecule has 15 heavy (non-hydrogen) atoms. The zero-order chi connectivity index (χ0) is 11.3. The van der Waals surface area contributed by atoms with Gasteiger partial charge in [-0.2, -0.15) is 0 Å². The summed E-state index contributed by atoms with van der Waals surface area (Å²) in [6.07, 6.45) is 3.35. The molecule has 1 N–H and O–H groups in total. The first-order valence-corrected chi connectivity index (χ1v) is 5.30. The minimum absolute atomic E-state index is 0.432. The highest BCUT2D eigenvalue weighted by Crippen LogP contribution is 2.21. The zero-order valence-electron chi connectivity index (χ0n) is 9.23.